The standard InChI is InChI=1S/C9H16N2O2/c12-9-10-3-4-11(9)7-8-1-5-13-6-2-8/h8H,1-7H2,(H,10,12). The summed E-state index contributed by atoms with van der Waals surface area (Å²) < 4.78 is 5.27. The second kappa shape index (κ2) is 3.96. The summed E-state index contributed by atoms with van der Waals surface area (Å²) in [4.78, 5) is 13.1. The molecule has 0 unspecified atom stereocenters. The first-order chi connectivity index (χ1) is 6.36. The molecule has 4 heteroatoms. The van der Waals surface area contributed by atoms with Gasteiger partial charge in [-0.25, -0.2) is 4.79 Å². The Morgan fingerprint density at radius 3 is 2.85 bits per heavy atom. The summed E-state index contributed by atoms with van der Waals surface area (Å²) in [6, 6.07) is 0.103. The lowest BCUT2D eigenvalue weighted by Crippen LogP contribution is -2.34. The van der Waals surface area contributed by atoms with Crippen LogP contribution in [0.5, 0.6) is 0 Å². The summed E-state index contributed by atoms with van der Waals surface area (Å²) in [7, 11) is 0. The number of ether oxygens (including phenoxy) is 1. The third-order valence-electron chi connectivity index (χ3n) is 2.76. The molecule has 0 aromatic heterocycles. The first kappa shape index (κ1) is 8.81. The zero-order valence-electron chi connectivity index (χ0n) is 7.79. The molecule has 13 heavy (non-hydrogen) atoms. The molecule has 2 fully saturated rings. The molecule has 0 bridgehead atoms. The van der Waals surface area contributed by atoms with Gasteiger partial charge in [0.2, 0.25) is 0 Å². The molecule has 0 saturated carbocycles. The lowest BCUT2D eigenvalue weighted by molar-refractivity contribution is 0.0584. The molecule has 0 aliphatic carbocycles. The van der Waals surface area contributed by atoms with E-state index in [0.717, 1.165) is 45.7 Å². The van der Waals surface area contributed by atoms with Gasteiger partial charge in [0, 0.05) is 32.8 Å². The summed E-state index contributed by atoms with van der Waals surface area (Å²) >= 11 is 0. The molecule has 2 amide bonds. The third kappa shape index (κ3) is 2.12. The van der Waals surface area contributed by atoms with Crippen molar-refractivity contribution in [2.75, 3.05) is 32.8 Å². The van der Waals surface area contributed by atoms with E-state index in [1.165, 1.54) is 0 Å². The largest absolute Gasteiger partial charge is 0.381 e. The second-order valence-electron chi connectivity index (χ2n) is 3.73. The number of carbonyl (C=O) groups excluding carboxylic acids is 1. The Bertz CT molecular complexity index is 190. The summed E-state index contributed by atoms with van der Waals surface area (Å²) in [6.45, 7) is 4.31. The number of nitrogens with zero attached hydrogens (tertiary/aromatic N) is 1. The Morgan fingerprint density at radius 2 is 2.23 bits per heavy atom. The molecule has 4 nitrogen and oxygen atoms in total. The van der Waals surface area contributed by atoms with E-state index >= 15 is 0 Å². The van der Waals surface area contributed by atoms with E-state index in [0.29, 0.717) is 5.92 Å². The van der Waals surface area contributed by atoms with Crippen LogP contribution in [0.25, 0.3) is 0 Å². The van der Waals surface area contributed by atoms with Crippen molar-refractivity contribution in [1.82, 2.24) is 10.2 Å². The Balaban J connectivity index is 1.79. The van der Waals surface area contributed by atoms with E-state index in [1.54, 1.807) is 0 Å². The van der Waals surface area contributed by atoms with Crippen LogP contribution in [0.2, 0.25) is 0 Å². The molecular formula is C9H16N2O2. The van der Waals surface area contributed by atoms with Crippen molar-refractivity contribution in [3.05, 3.63) is 0 Å². The number of nitrogens with one attached hydrogen (secondary N) is 1. The minimum atomic E-state index is 0.103. The maximum atomic E-state index is 11.2. The molecule has 0 atom stereocenters. The average Bonchev–Trinajstić information content (AvgIpc) is 2.54. The van der Waals surface area contributed by atoms with Gasteiger partial charge in [0.1, 0.15) is 0 Å². The van der Waals surface area contributed by atoms with Crippen LogP contribution in [0.3, 0.4) is 0 Å². The molecule has 0 spiro atoms. The maximum absolute atomic E-state index is 11.2. The predicted molar refractivity (Wildman–Crippen MR) is 48.5 cm³/mol. The van der Waals surface area contributed by atoms with Crippen LogP contribution in [0.1, 0.15) is 12.8 Å². The lowest BCUT2D eigenvalue weighted by atomic mass is 10.00. The summed E-state index contributed by atoms with van der Waals surface area (Å²) in [5.74, 6) is 0.651. The number of rotatable bonds is 2. The van der Waals surface area contributed by atoms with Gasteiger partial charge in [-0.3, -0.25) is 0 Å². The Labute approximate surface area is 78.2 Å². The highest BCUT2D eigenvalue weighted by Gasteiger charge is 2.23. The summed E-state index contributed by atoms with van der Waals surface area (Å²) in [5.41, 5.74) is 0. The molecule has 2 rings (SSSR count). The average molecular weight is 184 g/mol. The Hall–Kier alpha value is -0.770. The van der Waals surface area contributed by atoms with Crippen LogP contribution in [-0.4, -0.2) is 43.8 Å². The molecule has 2 saturated heterocycles. The number of carbonyl (C=O) groups is 1. The highest BCUT2D eigenvalue weighted by Crippen LogP contribution is 2.16. The lowest BCUT2D eigenvalue weighted by Gasteiger charge is -2.26. The summed E-state index contributed by atoms with van der Waals surface area (Å²) in [6.07, 6.45) is 2.20. The molecule has 2 heterocycles. The van der Waals surface area contributed by atoms with E-state index in [9.17, 15) is 4.79 Å². The molecule has 74 valence electrons. The van der Waals surface area contributed by atoms with Gasteiger partial charge in [0.15, 0.2) is 0 Å². The summed E-state index contributed by atoms with van der Waals surface area (Å²) in [5, 5.41) is 2.81. The predicted octanol–water partition coefficient (Wildman–Crippen LogP) is 0.438. The third-order valence-corrected chi connectivity index (χ3v) is 2.76. The quantitative estimate of drug-likeness (QED) is 0.676. The first-order valence-corrected chi connectivity index (χ1v) is 4.97. The fourth-order valence-electron chi connectivity index (χ4n) is 1.93. The zero-order chi connectivity index (χ0) is 9.10. The fraction of sp³-hybridized carbons (Fsp3) is 0.889. The molecular weight excluding hydrogens is 168 g/mol. The van der Waals surface area contributed by atoms with Crippen molar-refractivity contribution in [3.63, 3.8) is 0 Å². The first-order valence-electron chi connectivity index (χ1n) is 4.97. The van der Waals surface area contributed by atoms with Crippen molar-refractivity contribution >= 4 is 6.03 Å². The molecule has 0 aromatic rings. The minimum absolute atomic E-state index is 0.103. The number of amides is 2. The van der Waals surface area contributed by atoms with Crippen LogP contribution >= 0.6 is 0 Å². The SMILES string of the molecule is O=C1NCCN1CC1CCOCC1. The molecule has 0 aromatic carbocycles. The van der Waals surface area contributed by atoms with Crippen LogP contribution in [0, 0.1) is 5.92 Å². The molecule has 1 N–H and O–H groups in total. The van der Waals surface area contributed by atoms with Gasteiger partial charge in [-0.05, 0) is 18.8 Å². The van der Waals surface area contributed by atoms with Crippen molar-refractivity contribution in [3.8, 4) is 0 Å². The molecule has 2 aliphatic heterocycles. The van der Waals surface area contributed by atoms with Gasteiger partial charge in [-0.2, -0.15) is 0 Å². The Morgan fingerprint density at radius 1 is 1.46 bits per heavy atom. The number of hydrogen-bond donors (Lipinski definition) is 1. The van der Waals surface area contributed by atoms with E-state index in [4.69, 9.17) is 4.74 Å². The van der Waals surface area contributed by atoms with Crippen LogP contribution in [-0.2, 0) is 4.74 Å². The van der Waals surface area contributed by atoms with Crippen LogP contribution in [0.4, 0.5) is 4.79 Å². The van der Waals surface area contributed by atoms with Gasteiger partial charge >= 0.3 is 6.03 Å². The van der Waals surface area contributed by atoms with Gasteiger partial charge in [0.25, 0.3) is 0 Å². The maximum Gasteiger partial charge on any atom is 0.317 e. The van der Waals surface area contributed by atoms with Gasteiger partial charge in [-0.15, -0.1) is 0 Å². The van der Waals surface area contributed by atoms with Crippen molar-refractivity contribution in [2.24, 2.45) is 5.92 Å². The van der Waals surface area contributed by atoms with E-state index in [-0.39, 0.29) is 6.03 Å². The van der Waals surface area contributed by atoms with Crippen molar-refractivity contribution < 1.29 is 9.53 Å². The van der Waals surface area contributed by atoms with E-state index in [1.807, 2.05) is 4.90 Å². The number of hydrogen-bond acceptors (Lipinski definition) is 2. The molecule has 2 aliphatic rings. The highest BCUT2D eigenvalue weighted by atomic mass is 16.5. The second-order valence-corrected chi connectivity index (χ2v) is 3.73. The molecule has 0 radical (unpaired) electrons. The monoisotopic (exact) mass is 184 g/mol. The zero-order valence-corrected chi connectivity index (χ0v) is 7.79. The smallest absolute Gasteiger partial charge is 0.317 e. The van der Waals surface area contributed by atoms with E-state index < -0.39 is 0 Å². The van der Waals surface area contributed by atoms with Gasteiger partial charge < -0.3 is 15.0 Å². The highest BCUT2D eigenvalue weighted by molar-refractivity contribution is 5.76. The van der Waals surface area contributed by atoms with Crippen molar-refractivity contribution in [2.45, 2.75) is 12.8 Å². The number of urea groups is 1. The fourth-order valence-corrected chi connectivity index (χ4v) is 1.93. The van der Waals surface area contributed by atoms with Gasteiger partial charge in [-0.1, -0.05) is 0 Å². The van der Waals surface area contributed by atoms with Crippen molar-refractivity contribution in [1.29, 1.82) is 0 Å². The van der Waals surface area contributed by atoms with Gasteiger partial charge in [0.05, 0.1) is 0 Å². The normalized spacial score (nSPS) is 24.9. The Kier molecular flexibility index (Phi) is 2.68. The minimum Gasteiger partial charge on any atom is -0.381 e. The van der Waals surface area contributed by atoms with Crippen LogP contribution in [0.15, 0.2) is 0 Å². The van der Waals surface area contributed by atoms with E-state index in [2.05, 4.69) is 5.32 Å². The topological polar surface area (TPSA) is 41.6 Å². The van der Waals surface area contributed by atoms with Crippen LogP contribution < -0.4 is 5.32 Å².